The van der Waals surface area contributed by atoms with Gasteiger partial charge in [0.25, 0.3) is 0 Å². The first kappa shape index (κ1) is 11.1. The van der Waals surface area contributed by atoms with Crippen molar-refractivity contribution < 1.29 is 4.79 Å². The predicted molar refractivity (Wildman–Crippen MR) is 65.4 cm³/mol. The second-order valence-electron chi connectivity index (χ2n) is 4.46. The van der Waals surface area contributed by atoms with Gasteiger partial charge in [-0.1, -0.05) is 18.2 Å². The molecule has 0 radical (unpaired) electrons. The normalized spacial score (nSPS) is 16.8. The lowest BCUT2D eigenvalue weighted by molar-refractivity contribution is -0.118. The third kappa shape index (κ3) is 2.25. The van der Waals surface area contributed by atoms with E-state index < -0.39 is 0 Å². The number of fused-ring (bicyclic) bond motifs is 1. The third-order valence-corrected chi connectivity index (χ3v) is 2.91. The lowest BCUT2D eigenvalue weighted by Crippen LogP contribution is -2.38. The average Bonchev–Trinajstić information content (AvgIpc) is 2.27. The van der Waals surface area contributed by atoms with Crippen LogP contribution in [0, 0.1) is 0 Å². The van der Waals surface area contributed by atoms with E-state index in [2.05, 4.69) is 6.07 Å². The highest BCUT2D eigenvalue weighted by Gasteiger charge is 2.22. The highest BCUT2D eigenvalue weighted by Crippen LogP contribution is 2.27. The minimum Gasteiger partial charge on any atom is -0.327 e. The molecule has 2 rings (SSSR count). The molecule has 1 heterocycles. The summed E-state index contributed by atoms with van der Waals surface area (Å²) in [6.45, 7) is 2.69. The summed E-state index contributed by atoms with van der Waals surface area (Å²) in [7, 11) is 0. The Morgan fingerprint density at radius 3 is 3.00 bits per heavy atom. The number of aryl methyl sites for hydroxylation is 1. The smallest absolute Gasteiger partial charge is 0.228 e. The monoisotopic (exact) mass is 218 g/mol. The van der Waals surface area contributed by atoms with Crippen LogP contribution < -0.4 is 10.6 Å². The lowest BCUT2D eigenvalue weighted by Gasteiger charge is -2.30. The summed E-state index contributed by atoms with van der Waals surface area (Å²) in [5.41, 5.74) is 8.01. The van der Waals surface area contributed by atoms with Crippen molar-refractivity contribution in [3.63, 3.8) is 0 Å². The number of anilines is 1. The quantitative estimate of drug-likeness (QED) is 0.821. The molecule has 1 unspecified atom stereocenters. The summed E-state index contributed by atoms with van der Waals surface area (Å²) in [6.07, 6.45) is 2.54. The molecule has 0 fully saturated rings. The van der Waals surface area contributed by atoms with Crippen molar-refractivity contribution in [2.45, 2.75) is 32.2 Å². The van der Waals surface area contributed by atoms with Crippen molar-refractivity contribution in [1.82, 2.24) is 0 Å². The minimum absolute atomic E-state index is 0.0680. The van der Waals surface area contributed by atoms with Crippen LogP contribution in [0.5, 0.6) is 0 Å². The summed E-state index contributed by atoms with van der Waals surface area (Å²) in [5.74, 6) is 0.141. The largest absolute Gasteiger partial charge is 0.327 e. The van der Waals surface area contributed by atoms with Crippen LogP contribution in [-0.4, -0.2) is 18.5 Å². The molecule has 0 aliphatic carbocycles. The molecule has 0 spiro atoms. The number of carbonyl (C=O) groups excluding carboxylic acids is 1. The summed E-state index contributed by atoms with van der Waals surface area (Å²) >= 11 is 0. The Hall–Kier alpha value is -1.35. The van der Waals surface area contributed by atoms with Crippen molar-refractivity contribution in [2.75, 3.05) is 11.4 Å². The molecular formula is C13H18N2O. The standard InChI is InChI=1S/C13H18N2O/c1-10(14)9-13(16)15-8-4-6-11-5-2-3-7-12(11)15/h2-3,5,7,10H,4,6,8-9,14H2,1H3. The van der Waals surface area contributed by atoms with E-state index in [1.807, 2.05) is 30.0 Å². The van der Waals surface area contributed by atoms with Crippen molar-refractivity contribution in [3.05, 3.63) is 29.8 Å². The van der Waals surface area contributed by atoms with Crippen LogP contribution in [0.3, 0.4) is 0 Å². The fraction of sp³-hybridized carbons (Fsp3) is 0.462. The van der Waals surface area contributed by atoms with Gasteiger partial charge in [-0.25, -0.2) is 0 Å². The van der Waals surface area contributed by atoms with Crippen LogP contribution in [0.15, 0.2) is 24.3 Å². The van der Waals surface area contributed by atoms with E-state index >= 15 is 0 Å². The summed E-state index contributed by atoms with van der Waals surface area (Å²) in [5, 5.41) is 0. The Labute approximate surface area is 96.2 Å². The van der Waals surface area contributed by atoms with Gasteiger partial charge in [0.2, 0.25) is 5.91 Å². The van der Waals surface area contributed by atoms with E-state index in [9.17, 15) is 4.79 Å². The molecule has 0 saturated heterocycles. The number of para-hydroxylation sites is 1. The van der Waals surface area contributed by atoms with E-state index in [1.54, 1.807) is 0 Å². The molecule has 1 aliphatic rings. The van der Waals surface area contributed by atoms with Gasteiger partial charge in [-0.2, -0.15) is 0 Å². The van der Waals surface area contributed by atoms with Crippen molar-refractivity contribution >= 4 is 11.6 Å². The van der Waals surface area contributed by atoms with E-state index in [-0.39, 0.29) is 11.9 Å². The maximum absolute atomic E-state index is 12.0. The van der Waals surface area contributed by atoms with Crippen molar-refractivity contribution in [2.24, 2.45) is 5.73 Å². The third-order valence-electron chi connectivity index (χ3n) is 2.91. The van der Waals surface area contributed by atoms with Crippen LogP contribution in [0.4, 0.5) is 5.69 Å². The number of carbonyl (C=O) groups is 1. The number of benzene rings is 1. The van der Waals surface area contributed by atoms with Crippen molar-refractivity contribution in [1.29, 1.82) is 0 Å². The van der Waals surface area contributed by atoms with E-state index in [0.717, 1.165) is 25.1 Å². The number of amides is 1. The molecule has 1 aromatic rings. The van der Waals surface area contributed by atoms with Gasteiger partial charge in [0.05, 0.1) is 0 Å². The maximum atomic E-state index is 12.0. The molecule has 2 N–H and O–H groups in total. The van der Waals surface area contributed by atoms with Crippen LogP contribution in [0.1, 0.15) is 25.3 Å². The van der Waals surface area contributed by atoms with E-state index in [4.69, 9.17) is 5.73 Å². The molecule has 0 saturated carbocycles. The Morgan fingerprint density at radius 2 is 2.25 bits per heavy atom. The first-order chi connectivity index (χ1) is 7.68. The zero-order valence-corrected chi connectivity index (χ0v) is 9.65. The maximum Gasteiger partial charge on any atom is 0.228 e. The summed E-state index contributed by atoms with van der Waals surface area (Å²) < 4.78 is 0. The summed E-state index contributed by atoms with van der Waals surface area (Å²) in [4.78, 5) is 13.9. The number of hydrogen-bond acceptors (Lipinski definition) is 2. The molecule has 3 nitrogen and oxygen atoms in total. The molecule has 1 amide bonds. The van der Waals surface area contributed by atoms with Gasteiger partial charge in [-0.15, -0.1) is 0 Å². The van der Waals surface area contributed by atoms with Crippen LogP contribution in [0.25, 0.3) is 0 Å². The van der Waals surface area contributed by atoms with Crippen LogP contribution in [0.2, 0.25) is 0 Å². The molecule has 0 bridgehead atoms. The molecule has 1 atom stereocenters. The van der Waals surface area contributed by atoms with E-state index in [0.29, 0.717) is 6.42 Å². The molecule has 1 aliphatic heterocycles. The van der Waals surface area contributed by atoms with Crippen LogP contribution >= 0.6 is 0 Å². The second-order valence-corrected chi connectivity index (χ2v) is 4.46. The molecule has 86 valence electrons. The Bertz CT molecular complexity index is 387. The van der Waals surface area contributed by atoms with Gasteiger partial charge in [0, 0.05) is 24.7 Å². The van der Waals surface area contributed by atoms with Gasteiger partial charge in [0.15, 0.2) is 0 Å². The number of nitrogens with zero attached hydrogens (tertiary/aromatic N) is 1. The average molecular weight is 218 g/mol. The summed E-state index contributed by atoms with van der Waals surface area (Å²) in [6, 6.07) is 8.06. The number of hydrogen-bond donors (Lipinski definition) is 1. The second kappa shape index (κ2) is 4.66. The number of rotatable bonds is 2. The highest BCUT2D eigenvalue weighted by molar-refractivity contribution is 5.94. The molecule has 3 heteroatoms. The van der Waals surface area contributed by atoms with E-state index in [1.165, 1.54) is 5.56 Å². The van der Waals surface area contributed by atoms with Crippen LogP contribution in [-0.2, 0) is 11.2 Å². The fourth-order valence-electron chi connectivity index (χ4n) is 2.18. The Morgan fingerprint density at radius 1 is 1.50 bits per heavy atom. The molecular weight excluding hydrogens is 200 g/mol. The van der Waals surface area contributed by atoms with Gasteiger partial charge in [-0.05, 0) is 31.4 Å². The predicted octanol–water partition coefficient (Wildman–Crippen LogP) is 1.70. The highest BCUT2D eigenvalue weighted by atomic mass is 16.2. The van der Waals surface area contributed by atoms with Gasteiger partial charge >= 0.3 is 0 Å². The van der Waals surface area contributed by atoms with Gasteiger partial charge in [0.1, 0.15) is 0 Å². The Kier molecular flexibility index (Phi) is 3.25. The zero-order chi connectivity index (χ0) is 11.5. The molecule has 0 aromatic heterocycles. The van der Waals surface area contributed by atoms with Gasteiger partial charge < -0.3 is 10.6 Å². The first-order valence-electron chi connectivity index (χ1n) is 5.82. The van der Waals surface area contributed by atoms with Gasteiger partial charge in [-0.3, -0.25) is 4.79 Å². The fourth-order valence-corrected chi connectivity index (χ4v) is 2.18. The zero-order valence-electron chi connectivity index (χ0n) is 9.65. The SMILES string of the molecule is CC(N)CC(=O)N1CCCc2ccccc21. The topological polar surface area (TPSA) is 46.3 Å². The minimum atomic E-state index is -0.0680. The Balaban J connectivity index is 2.21. The lowest BCUT2D eigenvalue weighted by atomic mass is 10.0. The first-order valence-corrected chi connectivity index (χ1v) is 5.82. The molecule has 1 aromatic carbocycles. The van der Waals surface area contributed by atoms with Crippen molar-refractivity contribution in [3.8, 4) is 0 Å². The number of nitrogens with two attached hydrogens (primary N) is 1. The molecule has 16 heavy (non-hydrogen) atoms.